The van der Waals surface area contributed by atoms with Crippen molar-refractivity contribution in [3.8, 4) is 0 Å². The molecule has 1 N–H and O–H groups in total. The molecule has 2 heterocycles. The smallest absolute Gasteiger partial charge is 0.0720 e. The van der Waals surface area contributed by atoms with Crippen LogP contribution in [0, 0.1) is 0 Å². The van der Waals surface area contributed by atoms with Crippen molar-refractivity contribution in [1.82, 2.24) is 10.2 Å². The molecule has 4 heteroatoms. The number of hydrogen-bond acceptors (Lipinski definition) is 4. The van der Waals surface area contributed by atoms with Crippen molar-refractivity contribution in [1.29, 1.82) is 0 Å². The maximum absolute atomic E-state index is 6.08. The topological polar surface area (TPSA) is 33.7 Å². The van der Waals surface area contributed by atoms with Gasteiger partial charge in [0.25, 0.3) is 0 Å². The van der Waals surface area contributed by atoms with E-state index in [1.807, 2.05) is 0 Å². The summed E-state index contributed by atoms with van der Waals surface area (Å²) in [7, 11) is 0. The van der Waals surface area contributed by atoms with Crippen LogP contribution in [0.4, 0.5) is 0 Å². The molecule has 28 heavy (non-hydrogen) atoms. The Morgan fingerprint density at radius 1 is 0.893 bits per heavy atom. The van der Waals surface area contributed by atoms with Crippen molar-refractivity contribution in [2.45, 2.75) is 24.9 Å². The zero-order chi connectivity index (χ0) is 19.1. The molecule has 0 amide bonds. The molecule has 0 spiro atoms. The van der Waals surface area contributed by atoms with Gasteiger partial charge in [-0.05, 0) is 36.1 Å². The lowest BCUT2D eigenvalue weighted by molar-refractivity contribution is 0.0384. The quantitative estimate of drug-likeness (QED) is 0.713. The highest BCUT2D eigenvalue weighted by Gasteiger charge is 2.38. The third kappa shape index (κ3) is 4.47. The van der Waals surface area contributed by atoms with Gasteiger partial charge in [0.05, 0.1) is 26.4 Å². The molecular formula is C24H32N2O2. The standard InChI is InChI=1S/C24H32N2O2/c1-2-8-22(9-3-1)24(20-28-19-21-7-4-5-10-23(21)24)11-6-12-25-13-14-26-15-17-27-18-16-26/h1-5,7-10,25H,6,11-20H2. The second kappa shape index (κ2) is 9.66. The molecule has 2 aromatic rings. The minimum absolute atomic E-state index is 0.0397. The molecule has 1 atom stereocenters. The molecule has 4 rings (SSSR count). The maximum Gasteiger partial charge on any atom is 0.0720 e. The minimum atomic E-state index is -0.0397. The highest BCUT2D eigenvalue weighted by molar-refractivity contribution is 5.45. The normalized spacial score (nSPS) is 22.7. The van der Waals surface area contributed by atoms with Gasteiger partial charge in [-0.3, -0.25) is 4.90 Å². The van der Waals surface area contributed by atoms with E-state index >= 15 is 0 Å². The van der Waals surface area contributed by atoms with Gasteiger partial charge in [-0.2, -0.15) is 0 Å². The van der Waals surface area contributed by atoms with Gasteiger partial charge in [-0.25, -0.2) is 0 Å². The van der Waals surface area contributed by atoms with Crippen LogP contribution in [0.3, 0.4) is 0 Å². The minimum Gasteiger partial charge on any atom is -0.379 e. The number of ether oxygens (including phenoxy) is 2. The molecule has 150 valence electrons. The molecule has 0 aliphatic carbocycles. The number of benzene rings is 2. The van der Waals surface area contributed by atoms with Crippen LogP contribution in [0.1, 0.15) is 29.5 Å². The summed E-state index contributed by atoms with van der Waals surface area (Å²) < 4.78 is 11.5. The number of fused-ring (bicyclic) bond motifs is 1. The lowest BCUT2D eigenvalue weighted by atomic mass is 9.69. The number of morpholine rings is 1. The average Bonchev–Trinajstić information content (AvgIpc) is 2.77. The van der Waals surface area contributed by atoms with Crippen molar-refractivity contribution < 1.29 is 9.47 Å². The summed E-state index contributed by atoms with van der Waals surface area (Å²) in [5.74, 6) is 0. The molecule has 4 nitrogen and oxygen atoms in total. The molecule has 2 aliphatic heterocycles. The SMILES string of the molecule is c1ccc(C2(CCCNCCN3CCOCC3)COCc3ccccc32)cc1. The van der Waals surface area contributed by atoms with Crippen LogP contribution in [0.5, 0.6) is 0 Å². The Hall–Kier alpha value is -1.72. The van der Waals surface area contributed by atoms with Gasteiger partial charge < -0.3 is 14.8 Å². The summed E-state index contributed by atoms with van der Waals surface area (Å²) >= 11 is 0. The largest absolute Gasteiger partial charge is 0.379 e. The maximum atomic E-state index is 6.08. The molecule has 1 unspecified atom stereocenters. The van der Waals surface area contributed by atoms with Crippen molar-refractivity contribution in [3.63, 3.8) is 0 Å². The van der Waals surface area contributed by atoms with Gasteiger partial charge in [0, 0.05) is 31.6 Å². The van der Waals surface area contributed by atoms with Gasteiger partial charge in [0.1, 0.15) is 0 Å². The molecule has 2 aliphatic rings. The summed E-state index contributed by atoms with van der Waals surface area (Å²) in [6.07, 6.45) is 2.23. The Morgan fingerprint density at radius 2 is 1.68 bits per heavy atom. The summed E-state index contributed by atoms with van der Waals surface area (Å²) in [5, 5.41) is 3.64. The molecular weight excluding hydrogens is 348 g/mol. The van der Waals surface area contributed by atoms with E-state index in [1.165, 1.54) is 16.7 Å². The van der Waals surface area contributed by atoms with Crippen molar-refractivity contribution in [2.75, 3.05) is 52.5 Å². The fourth-order valence-electron chi connectivity index (χ4n) is 4.58. The molecule has 0 saturated carbocycles. The zero-order valence-corrected chi connectivity index (χ0v) is 16.7. The molecule has 1 fully saturated rings. The Kier molecular flexibility index (Phi) is 6.76. The van der Waals surface area contributed by atoms with Crippen LogP contribution in [-0.2, 0) is 21.5 Å². The number of nitrogens with zero attached hydrogens (tertiary/aromatic N) is 1. The van der Waals surface area contributed by atoms with Gasteiger partial charge in [0.2, 0.25) is 0 Å². The first kappa shape index (κ1) is 19.6. The molecule has 1 saturated heterocycles. The Bertz CT molecular complexity index is 730. The summed E-state index contributed by atoms with van der Waals surface area (Å²) in [4.78, 5) is 2.48. The van der Waals surface area contributed by atoms with Crippen LogP contribution in [-0.4, -0.2) is 57.4 Å². The first-order valence-electron chi connectivity index (χ1n) is 10.6. The lowest BCUT2D eigenvalue weighted by Crippen LogP contribution is -2.41. The van der Waals surface area contributed by atoms with E-state index in [0.29, 0.717) is 0 Å². The van der Waals surface area contributed by atoms with Crippen LogP contribution in [0.15, 0.2) is 54.6 Å². The van der Waals surface area contributed by atoms with Gasteiger partial charge in [0.15, 0.2) is 0 Å². The first-order chi connectivity index (χ1) is 13.9. The molecule has 2 aromatic carbocycles. The van der Waals surface area contributed by atoms with E-state index in [-0.39, 0.29) is 5.41 Å². The fraction of sp³-hybridized carbons (Fsp3) is 0.500. The number of rotatable bonds is 8. The number of nitrogens with one attached hydrogen (secondary N) is 1. The highest BCUT2D eigenvalue weighted by atomic mass is 16.5. The van der Waals surface area contributed by atoms with Crippen molar-refractivity contribution >= 4 is 0 Å². The first-order valence-corrected chi connectivity index (χ1v) is 10.6. The van der Waals surface area contributed by atoms with Crippen LogP contribution < -0.4 is 5.32 Å². The Balaban J connectivity index is 1.38. The summed E-state index contributed by atoms with van der Waals surface area (Å²) in [6, 6.07) is 19.7. The zero-order valence-electron chi connectivity index (χ0n) is 16.7. The van der Waals surface area contributed by atoms with E-state index < -0.39 is 0 Å². The predicted molar refractivity (Wildman–Crippen MR) is 113 cm³/mol. The molecule has 0 radical (unpaired) electrons. The predicted octanol–water partition coefficient (Wildman–Crippen LogP) is 3.20. The molecule has 0 aromatic heterocycles. The lowest BCUT2D eigenvalue weighted by Gasteiger charge is -2.40. The van der Waals surface area contributed by atoms with Gasteiger partial charge in [-0.15, -0.1) is 0 Å². The summed E-state index contributed by atoms with van der Waals surface area (Å²) in [6.45, 7) is 8.56. The Labute approximate surface area is 168 Å². The highest BCUT2D eigenvalue weighted by Crippen LogP contribution is 2.41. The second-order valence-electron chi connectivity index (χ2n) is 7.91. The van der Waals surface area contributed by atoms with Crippen molar-refractivity contribution in [3.05, 3.63) is 71.3 Å². The van der Waals surface area contributed by atoms with Crippen molar-refractivity contribution in [2.24, 2.45) is 0 Å². The fourth-order valence-corrected chi connectivity index (χ4v) is 4.58. The van der Waals surface area contributed by atoms with E-state index in [1.54, 1.807) is 0 Å². The van der Waals surface area contributed by atoms with Crippen LogP contribution in [0.25, 0.3) is 0 Å². The number of hydrogen-bond donors (Lipinski definition) is 1. The van der Waals surface area contributed by atoms with E-state index in [0.717, 1.165) is 72.0 Å². The van der Waals surface area contributed by atoms with Crippen LogP contribution in [0.2, 0.25) is 0 Å². The molecule has 0 bridgehead atoms. The monoisotopic (exact) mass is 380 g/mol. The van der Waals surface area contributed by atoms with E-state index in [2.05, 4.69) is 64.8 Å². The van der Waals surface area contributed by atoms with E-state index in [9.17, 15) is 0 Å². The van der Waals surface area contributed by atoms with Gasteiger partial charge in [-0.1, -0.05) is 54.6 Å². The average molecular weight is 381 g/mol. The van der Waals surface area contributed by atoms with Gasteiger partial charge >= 0.3 is 0 Å². The Morgan fingerprint density at radius 3 is 2.54 bits per heavy atom. The second-order valence-corrected chi connectivity index (χ2v) is 7.91. The van der Waals surface area contributed by atoms with Crippen LogP contribution >= 0.6 is 0 Å². The summed E-state index contributed by atoms with van der Waals surface area (Å²) in [5.41, 5.74) is 4.11. The third-order valence-electron chi connectivity index (χ3n) is 6.13. The third-order valence-corrected chi connectivity index (χ3v) is 6.13. The van der Waals surface area contributed by atoms with E-state index in [4.69, 9.17) is 9.47 Å².